The summed E-state index contributed by atoms with van der Waals surface area (Å²) in [7, 11) is 0. The monoisotopic (exact) mass is 562 g/mol. The van der Waals surface area contributed by atoms with Crippen molar-refractivity contribution in [2.45, 2.75) is 49.9 Å². The summed E-state index contributed by atoms with van der Waals surface area (Å²) < 4.78 is 0. The van der Waals surface area contributed by atoms with Gasteiger partial charge in [0.05, 0.1) is 19.1 Å². The number of benzene rings is 1. The molecule has 0 aliphatic rings. The summed E-state index contributed by atoms with van der Waals surface area (Å²) in [6.07, 6.45) is 1.13. The molecule has 0 saturated heterocycles. The van der Waals surface area contributed by atoms with Crippen LogP contribution in [0.3, 0.4) is 0 Å². The number of amides is 3. The van der Waals surface area contributed by atoms with Gasteiger partial charge in [0.1, 0.15) is 18.1 Å². The van der Waals surface area contributed by atoms with Crippen LogP contribution in [0, 0.1) is 0 Å². The van der Waals surface area contributed by atoms with E-state index in [0.717, 1.165) is 10.9 Å². The number of carbonyl (C=O) groups is 5. The van der Waals surface area contributed by atoms with Gasteiger partial charge in [-0.25, -0.2) is 4.79 Å². The normalized spacial score (nSPS) is 13.8. The van der Waals surface area contributed by atoms with Gasteiger partial charge in [0, 0.05) is 30.1 Å². The molecular formula is C24H34N8O8. The van der Waals surface area contributed by atoms with Crippen LogP contribution in [0.15, 0.2) is 35.5 Å². The van der Waals surface area contributed by atoms with E-state index in [1.54, 1.807) is 30.5 Å². The molecule has 40 heavy (non-hydrogen) atoms. The summed E-state index contributed by atoms with van der Waals surface area (Å²) in [5.74, 6) is -5.83. The van der Waals surface area contributed by atoms with Crippen LogP contribution in [-0.2, 0) is 30.4 Å². The highest BCUT2D eigenvalue weighted by atomic mass is 16.4. The van der Waals surface area contributed by atoms with E-state index in [9.17, 15) is 34.2 Å². The van der Waals surface area contributed by atoms with Crippen LogP contribution in [0.1, 0.15) is 24.8 Å². The molecule has 2 aromatic rings. The first-order valence-corrected chi connectivity index (χ1v) is 12.3. The number of carbonyl (C=O) groups excluding carboxylic acids is 3. The molecule has 1 heterocycles. The van der Waals surface area contributed by atoms with E-state index in [4.69, 9.17) is 22.3 Å². The molecule has 13 N–H and O–H groups in total. The summed E-state index contributed by atoms with van der Waals surface area (Å²) in [6, 6.07) is 1.40. The lowest BCUT2D eigenvalue weighted by Crippen LogP contribution is -2.58. The molecule has 218 valence electrons. The number of fused-ring (bicyclic) bond motifs is 1. The first-order valence-electron chi connectivity index (χ1n) is 12.3. The van der Waals surface area contributed by atoms with Crippen molar-refractivity contribution in [3.8, 4) is 0 Å². The van der Waals surface area contributed by atoms with Crippen molar-refractivity contribution in [1.82, 2.24) is 20.9 Å². The Kier molecular flexibility index (Phi) is 11.8. The van der Waals surface area contributed by atoms with Gasteiger partial charge in [0.2, 0.25) is 17.7 Å². The van der Waals surface area contributed by atoms with Gasteiger partial charge in [0.25, 0.3) is 0 Å². The SMILES string of the molecule is NC(N)=NCCCC(N)C(=O)NC(CO)C(=O)NC(Cc1c[nH]c2ccccc12)C(=O)NC(CC(=O)O)C(=O)O. The van der Waals surface area contributed by atoms with Crippen molar-refractivity contribution in [3.63, 3.8) is 0 Å². The molecule has 0 aliphatic carbocycles. The maximum atomic E-state index is 13.1. The third-order valence-corrected chi connectivity index (χ3v) is 5.85. The Balaban J connectivity index is 2.18. The fraction of sp³-hybridized carbons (Fsp3) is 0.417. The average Bonchev–Trinajstić information content (AvgIpc) is 3.30. The first kappa shape index (κ1) is 31.5. The Hall–Kier alpha value is -4.70. The zero-order valence-electron chi connectivity index (χ0n) is 21.5. The number of guanidine groups is 1. The lowest BCUT2D eigenvalue weighted by atomic mass is 10.0. The van der Waals surface area contributed by atoms with Crippen LogP contribution in [-0.4, -0.2) is 93.2 Å². The predicted molar refractivity (Wildman–Crippen MR) is 143 cm³/mol. The quantitative estimate of drug-likeness (QED) is 0.0562. The fourth-order valence-electron chi connectivity index (χ4n) is 3.77. The van der Waals surface area contributed by atoms with Gasteiger partial charge >= 0.3 is 11.9 Å². The molecule has 16 nitrogen and oxygen atoms in total. The standard InChI is InChI=1S/C24H34N8O8/c25-14(5-3-7-28-24(26)27)20(36)32-18(11-33)22(38)30-16(21(37)31-17(23(39)40)9-19(34)35)8-12-10-29-15-6-2-1-4-13(12)15/h1-2,4,6,10,14,16-18,29,33H,3,5,7-9,11,25H2,(H,30,38)(H,31,37)(H,32,36)(H,34,35)(H,39,40)(H4,26,27,28). The summed E-state index contributed by atoms with van der Waals surface area (Å²) in [5.41, 5.74) is 17.7. The van der Waals surface area contributed by atoms with Gasteiger partial charge in [0.15, 0.2) is 5.96 Å². The number of aliphatic imine (C=N–C) groups is 1. The lowest BCUT2D eigenvalue weighted by Gasteiger charge is -2.24. The highest BCUT2D eigenvalue weighted by Gasteiger charge is 2.31. The Labute approximate surface area is 228 Å². The zero-order valence-corrected chi connectivity index (χ0v) is 21.5. The summed E-state index contributed by atoms with van der Waals surface area (Å²) in [6.45, 7) is -0.604. The smallest absolute Gasteiger partial charge is 0.326 e. The molecule has 0 spiro atoms. The summed E-state index contributed by atoms with van der Waals surface area (Å²) in [5, 5.41) is 35.7. The van der Waals surface area contributed by atoms with E-state index in [1.165, 1.54) is 0 Å². The van der Waals surface area contributed by atoms with Gasteiger partial charge in [-0.1, -0.05) is 18.2 Å². The number of aromatic amines is 1. The van der Waals surface area contributed by atoms with E-state index in [-0.39, 0.29) is 25.3 Å². The van der Waals surface area contributed by atoms with E-state index in [2.05, 4.69) is 25.9 Å². The number of carboxylic acid groups (broad SMARTS) is 2. The zero-order chi connectivity index (χ0) is 29.8. The summed E-state index contributed by atoms with van der Waals surface area (Å²) in [4.78, 5) is 67.9. The largest absolute Gasteiger partial charge is 0.481 e. The molecule has 2 rings (SSSR count). The van der Waals surface area contributed by atoms with E-state index < -0.39 is 66.9 Å². The Bertz CT molecular complexity index is 1240. The van der Waals surface area contributed by atoms with Gasteiger partial charge < -0.3 is 53.5 Å². The molecule has 0 bridgehead atoms. The number of nitrogens with one attached hydrogen (secondary N) is 4. The number of para-hydroxylation sites is 1. The molecule has 4 unspecified atom stereocenters. The number of carboxylic acids is 2. The number of nitrogens with two attached hydrogens (primary N) is 3. The van der Waals surface area contributed by atoms with Crippen LogP contribution in [0.25, 0.3) is 10.9 Å². The van der Waals surface area contributed by atoms with Gasteiger partial charge in [-0.05, 0) is 24.5 Å². The van der Waals surface area contributed by atoms with Crippen molar-refractivity contribution >= 4 is 46.5 Å². The van der Waals surface area contributed by atoms with Gasteiger partial charge in [-0.15, -0.1) is 0 Å². The van der Waals surface area contributed by atoms with Crippen LogP contribution in [0.2, 0.25) is 0 Å². The van der Waals surface area contributed by atoms with Crippen LogP contribution < -0.4 is 33.2 Å². The van der Waals surface area contributed by atoms with Crippen molar-refractivity contribution in [3.05, 3.63) is 36.0 Å². The Morgan fingerprint density at radius 1 is 0.925 bits per heavy atom. The van der Waals surface area contributed by atoms with Crippen LogP contribution in [0.4, 0.5) is 0 Å². The van der Waals surface area contributed by atoms with Crippen molar-refractivity contribution in [1.29, 1.82) is 0 Å². The highest BCUT2D eigenvalue weighted by Crippen LogP contribution is 2.19. The number of H-pyrrole nitrogens is 1. The molecule has 1 aromatic heterocycles. The topological polar surface area (TPSA) is 288 Å². The third kappa shape index (κ3) is 9.55. The van der Waals surface area contributed by atoms with Crippen molar-refractivity contribution in [2.75, 3.05) is 13.2 Å². The molecule has 0 saturated carbocycles. The lowest BCUT2D eigenvalue weighted by molar-refractivity contribution is -0.147. The molecule has 0 fully saturated rings. The van der Waals surface area contributed by atoms with E-state index in [0.29, 0.717) is 12.0 Å². The fourth-order valence-corrected chi connectivity index (χ4v) is 3.77. The predicted octanol–water partition coefficient (Wildman–Crippen LogP) is -2.90. The number of nitrogens with zero attached hydrogens (tertiary/aromatic N) is 1. The summed E-state index contributed by atoms with van der Waals surface area (Å²) >= 11 is 0. The van der Waals surface area contributed by atoms with E-state index in [1.807, 2.05) is 0 Å². The molecule has 16 heteroatoms. The second kappa shape index (κ2) is 15.0. The van der Waals surface area contributed by atoms with Gasteiger partial charge in [-0.3, -0.25) is 24.2 Å². The van der Waals surface area contributed by atoms with Crippen LogP contribution >= 0.6 is 0 Å². The number of rotatable bonds is 16. The minimum atomic E-state index is -1.77. The second-order valence-corrected chi connectivity index (χ2v) is 8.92. The number of hydrogen-bond donors (Lipinski definition) is 10. The minimum Gasteiger partial charge on any atom is -0.481 e. The maximum Gasteiger partial charge on any atom is 0.326 e. The molecule has 0 aliphatic heterocycles. The number of aliphatic hydroxyl groups is 1. The molecule has 4 atom stereocenters. The number of aliphatic hydroxyl groups excluding tert-OH is 1. The highest BCUT2D eigenvalue weighted by molar-refractivity contribution is 5.95. The molecule has 1 aromatic carbocycles. The van der Waals surface area contributed by atoms with Crippen LogP contribution in [0.5, 0.6) is 0 Å². The molecular weight excluding hydrogens is 528 g/mol. The third-order valence-electron chi connectivity index (χ3n) is 5.85. The first-order chi connectivity index (χ1) is 18.9. The maximum absolute atomic E-state index is 13.1. The van der Waals surface area contributed by atoms with Crippen molar-refractivity contribution < 1.29 is 39.3 Å². The minimum absolute atomic E-state index is 0.112. The van der Waals surface area contributed by atoms with Crippen molar-refractivity contribution in [2.24, 2.45) is 22.2 Å². The molecule has 0 radical (unpaired) electrons. The Morgan fingerprint density at radius 3 is 2.17 bits per heavy atom. The van der Waals surface area contributed by atoms with E-state index >= 15 is 0 Å². The number of aromatic nitrogens is 1. The molecule has 3 amide bonds. The second-order valence-electron chi connectivity index (χ2n) is 8.92. The number of hydrogen-bond acceptors (Lipinski definition) is 8. The van der Waals surface area contributed by atoms with Gasteiger partial charge in [-0.2, -0.15) is 0 Å². The average molecular weight is 563 g/mol. The Morgan fingerprint density at radius 2 is 1.55 bits per heavy atom. The number of aliphatic carboxylic acids is 2.